The van der Waals surface area contributed by atoms with E-state index in [1.807, 2.05) is 0 Å². The van der Waals surface area contributed by atoms with Gasteiger partial charge in [0.15, 0.2) is 0 Å². The van der Waals surface area contributed by atoms with Crippen molar-refractivity contribution in [2.24, 2.45) is 5.92 Å². The Hall–Kier alpha value is -0.570. The third kappa shape index (κ3) is 13.7. The van der Waals surface area contributed by atoms with Crippen molar-refractivity contribution >= 4 is 5.97 Å². The quantitative estimate of drug-likeness (QED) is 0.468. The van der Waals surface area contributed by atoms with Gasteiger partial charge in [-0.05, 0) is 13.3 Å². The Kier molecular flexibility index (Phi) is 13.4. The molecule has 0 aromatic heterocycles. The van der Waals surface area contributed by atoms with Crippen LogP contribution < -0.4 is 0 Å². The van der Waals surface area contributed by atoms with Gasteiger partial charge in [0.1, 0.15) is 0 Å². The normalized spacial score (nSPS) is 12.5. The largest absolute Gasteiger partial charge is 0.481 e. The molecule has 0 spiro atoms. The number of unbranched alkanes of at least 4 members (excludes halogenated alkanes) is 9. The minimum Gasteiger partial charge on any atom is -0.481 e. The van der Waals surface area contributed by atoms with Gasteiger partial charge in [0.05, 0.1) is 12.5 Å². The summed E-state index contributed by atoms with van der Waals surface area (Å²) in [5.74, 6) is -1.16. The van der Waals surface area contributed by atoms with E-state index >= 15 is 0 Å². The Morgan fingerprint density at radius 1 is 0.947 bits per heavy atom. The Bertz CT molecular complexity index is 204. The maximum absolute atomic E-state index is 10.6. The average Bonchev–Trinajstić information content (AvgIpc) is 2.39. The van der Waals surface area contributed by atoms with Gasteiger partial charge in [-0.2, -0.15) is 0 Å². The van der Waals surface area contributed by atoms with Crippen molar-refractivity contribution in [1.82, 2.24) is 0 Å². The lowest BCUT2D eigenvalue weighted by Gasteiger charge is -2.07. The number of rotatable bonds is 14. The predicted octanol–water partition coefficient (Wildman–Crippen LogP) is 4.64. The Morgan fingerprint density at radius 2 is 1.42 bits per heavy atom. The fraction of sp³-hybridized carbons (Fsp3) is 0.938. The van der Waals surface area contributed by atoms with Crippen LogP contribution >= 0.6 is 0 Å². The standard InChI is InChI=1S/C16H32O3/c1-3-4-5-6-7-8-9-10-11-12-13-19-14-15(2)16(17)18/h15H,3-14H2,1-2H3,(H,17,18). The summed E-state index contributed by atoms with van der Waals surface area (Å²) in [5.41, 5.74) is 0. The zero-order chi connectivity index (χ0) is 14.3. The molecule has 0 saturated carbocycles. The SMILES string of the molecule is CCCCCCCCCCCCOCC(C)C(=O)O. The molecule has 19 heavy (non-hydrogen) atoms. The van der Waals surface area contributed by atoms with Crippen LogP contribution in [0.5, 0.6) is 0 Å². The maximum atomic E-state index is 10.6. The van der Waals surface area contributed by atoms with Crippen LogP contribution in [0.4, 0.5) is 0 Å². The summed E-state index contributed by atoms with van der Waals surface area (Å²) in [6.45, 7) is 4.97. The minimum absolute atomic E-state index is 0.340. The van der Waals surface area contributed by atoms with Crippen LogP contribution in [0.25, 0.3) is 0 Å². The summed E-state index contributed by atoms with van der Waals surface area (Å²) in [6, 6.07) is 0. The van der Waals surface area contributed by atoms with Gasteiger partial charge in [-0.15, -0.1) is 0 Å². The van der Waals surface area contributed by atoms with E-state index in [1.165, 1.54) is 57.8 Å². The first-order chi connectivity index (χ1) is 9.18. The number of aliphatic carboxylic acids is 1. The van der Waals surface area contributed by atoms with Gasteiger partial charge in [0, 0.05) is 6.61 Å². The molecule has 0 radical (unpaired) electrons. The molecule has 0 bridgehead atoms. The Labute approximate surface area is 118 Å². The lowest BCUT2D eigenvalue weighted by molar-refractivity contribution is -0.143. The monoisotopic (exact) mass is 272 g/mol. The second kappa shape index (κ2) is 13.9. The highest BCUT2D eigenvalue weighted by atomic mass is 16.5. The van der Waals surface area contributed by atoms with Gasteiger partial charge < -0.3 is 9.84 Å². The summed E-state index contributed by atoms with van der Waals surface area (Å²) < 4.78 is 5.35. The van der Waals surface area contributed by atoms with Crippen molar-refractivity contribution in [3.8, 4) is 0 Å². The van der Waals surface area contributed by atoms with E-state index in [2.05, 4.69) is 6.92 Å². The van der Waals surface area contributed by atoms with E-state index in [9.17, 15) is 4.79 Å². The number of ether oxygens (including phenoxy) is 1. The Balaban J connectivity index is 3.05. The topological polar surface area (TPSA) is 46.5 Å². The first-order valence-corrected chi connectivity index (χ1v) is 7.99. The van der Waals surface area contributed by atoms with Crippen molar-refractivity contribution in [3.63, 3.8) is 0 Å². The van der Waals surface area contributed by atoms with Crippen LogP contribution in [-0.2, 0) is 9.53 Å². The number of hydrogen-bond donors (Lipinski definition) is 1. The molecule has 3 nitrogen and oxygen atoms in total. The molecule has 1 N–H and O–H groups in total. The molecule has 1 unspecified atom stereocenters. The lowest BCUT2D eigenvalue weighted by Crippen LogP contribution is -2.16. The highest BCUT2D eigenvalue weighted by molar-refractivity contribution is 5.69. The van der Waals surface area contributed by atoms with Crippen LogP contribution in [0.3, 0.4) is 0 Å². The predicted molar refractivity (Wildman–Crippen MR) is 79.5 cm³/mol. The molecular weight excluding hydrogens is 240 g/mol. The van der Waals surface area contributed by atoms with Gasteiger partial charge in [0.2, 0.25) is 0 Å². The number of carboxylic acids is 1. The summed E-state index contributed by atoms with van der Waals surface area (Å²) in [4.78, 5) is 10.6. The van der Waals surface area contributed by atoms with Gasteiger partial charge in [-0.25, -0.2) is 0 Å². The molecule has 0 saturated heterocycles. The molecule has 0 aromatic carbocycles. The van der Waals surface area contributed by atoms with Crippen molar-refractivity contribution in [2.45, 2.75) is 78.1 Å². The third-order valence-electron chi connectivity index (χ3n) is 3.43. The fourth-order valence-corrected chi connectivity index (χ4v) is 2.02. The second-order valence-corrected chi connectivity index (χ2v) is 5.50. The molecule has 0 fully saturated rings. The van der Waals surface area contributed by atoms with E-state index in [0.29, 0.717) is 13.2 Å². The second-order valence-electron chi connectivity index (χ2n) is 5.50. The van der Waals surface area contributed by atoms with E-state index in [1.54, 1.807) is 6.92 Å². The van der Waals surface area contributed by atoms with Crippen LogP contribution in [0.1, 0.15) is 78.1 Å². The molecule has 0 rings (SSSR count). The minimum atomic E-state index is -0.775. The third-order valence-corrected chi connectivity index (χ3v) is 3.43. The van der Waals surface area contributed by atoms with Gasteiger partial charge in [-0.3, -0.25) is 4.79 Å². The summed E-state index contributed by atoms with van der Waals surface area (Å²) >= 11 is 0. The fourth-order valence-electron chi connectivity index (χ4n) is 2.02. The summed E-state index contributed by atoms with van der Waals surface area (Å²) in [5, 5.41) is 8.68. The molecule has 1 atom stereocenters. The van der Waals surface area contributed by atoms with Gasteiger partial charge in [0.25, 0.3) is 0 Å². The smallest absolute Gasteiger partial charge is 0.308 e. The van der Waals surface area contributed by atoms with E-state index in [4.69, 9.17) is 9.84 Å². The van der Waals surface area contributed by atoms with Crippen LogP contribution in [-0.4, -0.2) is 24.3 Å². The summed E-state index contributed by atoms with van der Waals surface area (Å²) in [7, 11) is 0. The van der Waals surface area contributed by atoms with Crippen LogP contribution in [0.2, 0.25) is 0 Å². The van der Waals surface area contributed by atoms with Crippen molar-refractivity contribution in [3.05, 3.63) is 0 Å². The van der Waals surface area contributed by atoms with E-state index < -0.39 is 5.97 Å². The lowest BCUT2D eigenvalue weighted by atomic mass is 10.1. The van der Waals surface area contributed by atoms with E-state index in [0.717, 1.165) is 6.42 Å². The van der Waals surface area contributed by atoms with Crippen LogP contribution in [0.15, 0.2) is 0 Å². The van der Waals surface area contributed by atoms with E-state index in [-0.39, 0.29) is 5.92 Å². The molecule has 0 aliphatic carbocycles. The molecular formula is C16H32O3. The molecule has 0 heterocycles. The average molecular weight is 272 g/mol. The highest BCUT2D eigenvalue weighted by Crippen LogP contribution is 2.10. The van der Waals surface area contributed by atoms with Crippen molar-refractivity contribution in [1.29, 1.82) is 0 Å². The number of carbonyl (C=O) groups is 1. The number of carboxylic acid groups (broad SMARTS) is 1. The van der Waals surface area contributed by atoms with Gasteiger partial charge in [-0.1, -0.05) is 64.7 Å². The van der Waals surface area contributed by atoms with Crippen molar-refractivity contribution < 1.29 is 14.6 Å². The molecule has 0 aliphatic rings. The molecule has 0 aliphatic heterocycles. The molecule has 3 heteroatoms. The number of hydrogen-bond acceptors (Lipinski definition) is 2. The Morgan fingerprint density at radius 3 is 1.89 bits per heavy atom. The van der Waals surface area contributed by atoms with Crippen LogP contribution in [0, 0.1) is 5.92 Å². The first-order valence-electron chi connectivity index (χ1n) is 7.99. The first kappa shape index (κ1) is 18.4. The maximum Gasteiger partial charge on any atom is 0.308 e. The zero-order valence-corrected chi connectivity index (χ0v) is 12.8. The zero-order valence-electron chi connectivity index (χ0n) is 12.8. The van der Waals surface area contributed by atoms with Crippen molar-refractivity contribution in [2.75, 3.05) is 13.2 Å². The summed E-state index contributed by atoms with van der Waals surface area (Å²) in [6.07, 6.45) is 13.1. The highest BCUT2D eigenvalue weighted by Gasteiger charge is 2.09. The molecule has 0 amide bonds. The molecule has 0 aromatic rings. The molecule has 114 valence electrons. The van der Waals surface area contributed by atoms with Gasteiger partial charge >= 0.3 is 5.97 Å².